The van der Waals surface area contributed by atoms with Crippen molar-refractivity contribution in [2.24, 2.45) is 0 Å². The maximum atomic E-state index is 13.2. The van der Waals surface area contributed by atoms with E-state index >= 15 is 0 Å². The number of alkyl carbamates (subject to hydrolysis) is 1. The number of benzene rings is 1. The molecule has 0 unspecified atom stereocenters. The smallest absolute Gasteiger partial charge is 0.407 e. The van der Waals surface area contributed by atoms with Gasteiger partial charge in [0.05, 0.1) is 0 Å². The van der Waals surface area contributed by atoms with Gasteiger partial charge in [-0.25, -0.2) is 13.6 Å². The Balaban J connectivity index is 1.87. The molecule has 5 nitrogen and oxygen atoms in total. The quantitative estimate of drug-likeness (QED) is 0.900. The van der Waals surface area contributed by atoms with Gasteiger partial charge in [0.15, 0.2) is 11.6 Å². The zero-order valence-corrected chi connectivity index (χ0v) is 14.1. The average Bonchev–Trinajstić information content (AvgIpc) is 2.48. The Morgan fingerprint density at radius 2 is 1.79 bits per heavy atom. The minimum atomic E-state index is -1.04. The lowest BCUT2D eigenvalue weighted by atomic mass is 10.0. The van der Waals surface area contributed by atoms with Crippen molar-refractivity contribution in [1.29, 1.82) is 0 Å². The Hall–Kier alpha value is -2.18. The molecule has 0 radical (unpaired) electrons. The molecule has 7 heteroatoms. The molecule has 0 aromatic heterocycles. The number of ether oxygens (including phenoxy) is 1. The molecule has 1 aliphatic heterocycles. The summed E-state index contributed by atoms with van der Waals surface area (Å²) < 4.78 is 31.4. The van der Waals surface area contributed by atoms with E-state index in [2.05, 4.69) is 5.32 Å². The summed E-state index contributed by atoms with van der Waals surface area (Å²) in [6, 6.07) is 3.04. The van der Waals surface area contributed by atoms with Gasteiger partial charge in [-0.2, -0.15) is 0 Å². The number of halogens is 2. The van der Waals surface area contributed by atoms with Gasteiger partial charge >= 0.3 is 6.09 Å². The molecule has 2 rings (SSSR count). The van der Waals surface area contributed by atoms with Gasteiger partial charge in [-0.3, -0.25) is 4.79 Å². The Bertz CT molecular complexity index is 621. The third kappa shape index (κ3) is 4.91. The standard InChI is InChI=1S/C17H22F2N2O3/c1-17(2,3)24-16(23)20-12-6-8-21(9-7-12)15(22)11-4-5-13(18)14(19)10-11/h4-5,10,12H,6-9H2,1-3H3,(H,20,23). The summed E-state index contributed by atoms with van der Waals surface area (Å²) in [5, 5.41) is 2.78. The Kier molecular flexibility index (Phi) is 5.41. The number of amides is 2. The largest absolute Gasteiger partial charge is 0.444 e. The highest BCUT2D eigenvalue weighted by atomic mass is 19.2. The number of hydrogen-bond acceptors (Lipinski definition) is 3. The number of carbonyl (C=O) groups excluding carboxylic acids is 2. The molecular weight excluding hydrogens is 318 g/mol. The van der Waals surface area contributed by atoms with Crippen LogP contribution in [-0.4, -0.2) is 41.6 Å². The third-order valence-corrected chi connectivity index (χ3v) is 3.67. The van der Waals surface area contributed by atoms with E-state index in [1.807, 2.05) is 0 Å². The van der Waals surface area contributed by atoms with Crippen LogP contribution >= 0.6 is 0 Å². The minimum absolute atomic E-state index is 0.0751. The van der Waals surface area contributed by atoms with Crippen molar-refractivity contribution < 1.29 is 23.1 Å². The summed E-state index contributed by atoms with van der Waals surface area (Å²) in [4.78, 5) is 25.6. The molecule has 2 amide bonds. The fourth-order valence-electron chi connectivity index (χ4n) is 2.51. The first-order valence-corrected chi connectivity index (χ1v) is 7.89. The molecule has 1 aromatic carbocycles. The van der Waals surface area contributed by atoms with E-state index in [0.29, 0.717) is 25.9 Å². The lowest BCUT2D eigenvalue weighted by Gasteiger charge is -2.33. The van der Waals surface area contributed by atoms with Crippen molar-refractivity contribution in [3.8, 4) is 0 Å². The van der Waals surface area contributed by atoms with E-state index in [-0.39, 0.29) is 17.5 Å². The van der Waals surface area contributed by atoms with Crippen LogP contribution in [0.2, 0.25) is 0 Å². The molecule has 0 atom stereocenters. The molecule has 0 saturated carbocycles. The molecule has 1 aliphatic rings. The summed E-state index contributed by atoms with van der Waals surface area (Å²) in [5.74, 6) is -2.36. The van der Waals surface area contributed by atoms with Crippen LogP contribution in [0.1, 0.15) is 44.0 Å². The topological polar surface area (TPSA) is 58.6 Å². The summed E-state index contributed by atoms with van der Waals surface area (Å²) in [6.07, 6.45) is 0.677. The molecule has 0 bridgehead atoms. The molecule has 1 fully saturated rings. The molecular formula is C17H22F2N2O3. The van der Waals surface area contributed by atoms with E-state index < -0.39 is 23.3 Å². The first-order valence-electron chi connectivity index (χ1n) is 7.89. The van der Waals surface area contributed by atoms with E-state index in [9.17, 15) is 18.4 Å². The maximum absolute atomic E-state index is 13.2. The van der Waals surface area contributed by atoms with Crippen molar-refractivity contribution >= 4 is 12.0 Å². The fraction of sp³-hybridized carbons (Fsp3) is 0.529. The molecule has 1 heterocycles. The van der Waals surface area contributed by atoms with Crippen LogP contribution in [0.4, 0.5) is 13.6 Å². The highest BCUT2D eigenvalue weighted by Gasteiger charge is 2.26. The first-order chi connectivity index (χ1) is 11.2. The van der Waals surface area contributed by atoms with Crippen LogP contribution in [0.15, 0.2) is 18.2 Å². The summed E-state index contributed by atoms with van der Waals surface area (Å²) in [5.41, 5.74) is -0.444. The van der Waals surface area contributed by atoms with E-state index in [1.54, 1.807) is 25.7 Å². The molecule has 0 spiro atoms. The molecule has 1 aromatic rings. The molecule has 1 N–H and O–H groups in total. The predicted molar refractivity (Wildman–Crippen MR) is 84.7 cm³/mol. The number of carbonyl (C=O) groups is 2. The fourth-order valence-corrected chi connectivity index (χ4v) is 2.51. The van der Waals surface area contributed by atoms with Gasteiger partial charge in [-0.1, -0.05) is 0 Å². The van der Waals surface area contributed by atoms with Gasteiger partial charge in [0.1, 0.15) is 5.60 Å². The third-order valence-electron chi connectivity index (χ3n) is 3.67. The SMILES string of the molecule is CC(C)(C)OC(=O)NC1CCN(C(=O)c2ccc(F)c(F)c2)CC1. The van der Waals surface area contributed by atoms with Crippen LogP contribution in [0.25, 0.3) is 0 Å². The maximum Gasteiger partial charge on any atom is 0.407 e. The van der Waals surface area contributed by atoms with Crippen LogP contribution in [0.5, 0.6) is 0 Å². The Morgan fingerprint density at radius 1 is 1.17 bits per heavy atom. The van der Waals surface area contributed by atoms with Gasteiger partial charge in [0, 0.05) is 24.7 Å². The molecule has 0 aliphatic carbocycles. The van der Waals surface area contributed by atoms with Crippen LogP contribution in [0, 0.1) is 11.6 Å². The van der Waals surface area contributed by atoms with Gasteiger partial charge < -0.3 is 15.0 Å². The Labute approximate surface area is 140 Å². The zero-order valence-electron chi connectivity index (χ0n) is 14.1. The number of nitrogens with one attached hydrogen (secondary N) is 1. The lowest BCUT2D eigenvalue weighted by Crippen LogP contribution is -2.47. The van der Waals surface area contributed by atoms with Crippen molar-refractivity contribution in [2.75, 3.05) is 13.1 Å². The predicted octanol–water partition coefficient (Wildman–Crippen LogP) is 3.09. The number of piperidine rings is 1. The van der Waals surface area contributed by atoms with E-state index in [0.717, 1.165) is 12.1 Å². The second-order valence-electron chi connectivity index (χ2n) is 6.84. The normalized spacial score (nSPS) is 16.0. The van der Waals surface area contributed by atoms with Crippen molar-refractivity contribution in [3.63, 3.8) is 0 Å². The van der Waals surface area contributed by atoms with E-state index in [1.165, 1.54) is 6.07 Å². The average molecular weight is 340 g/mol. The highest BCUT2D eigenvalue weighted by Crippen LogP contribution is 2.16. The van der Waals surface area contributed by atoms with Crippen LogP contribution < -0.4 is 5.32 Å². The minimum Gasteiger partial charge on any atom is -0.444 e. The van der Waals surface area contributed by atoms with E-state index in [4.69, 9.17) is 4.74 Å². The molecule has 24 heavy (non-hydrogen) atoms. The van der Waals surface area contributed by atoms with Gasteiger partial charge in [-0.05, 0) is 51.8 Å². The summed E-state index contributed by atoms with van der Waals surface area (Å²) in [7, 11) is 0. The van der Waals surface area contributed by atoms with Crippen molar-refractivity contribution in [1.82, 2.24) is 10.2 Å². The lowest BCUT2D eigenvalue weighted by molar-refractivity contribution is 0.0473. The number of rotatable bonds is 2. The summed E-state index contributed by atoms with van der Waals surface area (Å²) in [6.45, 7) is 6.22. The van der Waals surface area contributed by atoms with Crippen LogP contribution in [0.3, 0.4) is 0 Å². The van der Waals surface area contributed by atoms with Crippen molar-refractivity contribution in [2.45, 2.75) is 45.3 Å². The van der Waals surface area contributed by atoms with Gasteiger partial charge in [0.2, 0.25) is 0 Å². The molecule has 1 saturated heterocycles. The Morgan fingerprint density at radius 3 is 2.33 bits per heavy atom. The number of hydrogen-bond donors (Lipinski definition) is 1. The number of nitrogens with zero attached hydrogens (tertiary/aromatic N) is 1. The first kappa shape index (κ1) is 18.2. The molecule has 132 valence electrons. The zero-order chi connectivity index (χ0) is 17.9. The second-order valence-corrected chi connectivity index (χ2v) is 6.84. The van der Waals surface area contributed by atoms with Gasteiger partial charge in [0.25, 0.3) is 5.91 Å². The van der Waals surface area contributed by atoms with Crippen LogP contribution in [-0.2, 0) is 4.74 Å². The summed E-state index contributed by atoms with van der Waals surface area (Å²) >= 11 is 0. The monoisotopic (exact) mass is 340 g/mol. The van der Waals surface area contributed by atoms with Gasteiger partial charge in [-0.15, -0.1) is 0 Å². The highest BCUT2D eigenvalue weighted by molar-refractivity contribution is 5.94. The second kappa shape index (κ2) is 7.15. The van der Waals surface area contributed by atoms with Crippen molar-refractivity contribution in [3.05, 3.63) is 35.4 Å². The number of likely N-dealkylation sites (tertiary alicyclic amines) is 1.